The molecular weight excluding hydrogens is 430 g/mol. The molecule has 158 valence electrons. The third-order valence-corrected chi connectivity index (χ3v) is 5.40. The Hall–Kier alpha value is -4.31. The van der Waals surface area contributed by atoms with E-state index >= 15 is 0 Å². The molecule has 0 saturated carbocycles. The highest BCUT2D eigenvalue weighted by atomic mass is 32.2. The first kappa shape index (κ1) is 20.9. The van der Waals surface area contributed by atoms with E-state index in [1.54, 1.807) is 24.4 Å². The number of amides is 1. The number of hydrogen-bond donors (Lipinski definition) is 1. The van der Waals surface area contributed by atoms with Crippen LogP contribution in [0.4, 0.5) is 5.69 Å². The van der Waals surface area contributed by atoms with E-state index in [4.69, 9.17) is 0 Å². The Kier molecular flexibility index (Phi) is 6.04. The van der Waals surface area contributed by atoms with Crippen molar-refractivity contribution in [1.82, 2.24) is 14.8 Å². The first-order valence-corrected chi connectivity index (χ1v) is 10.2. The summed E-state index contributed by atoms with van der Waals surface area (Å²) < 4.78 is 1.40. The quantitative estimate of drug-likeness (QED) is 0.210. The summed E-state index contributed by atoms with van der Waals surface area (Å²) in [6.45, 7) is 0. The molecule has 0 aliphatic rings. The third kappa shape index (κ3) is 4.55. The van der Waals surface area contributed by atoms with Crippen LogP contribution in [-0.4, -0.2) is 26.4 Å². The Morgan fingerprint density at radius 1 is 1.06 bits per heavy atom. The number of rotatable bonds is 6. The average molecular weight is 445 g/mol. The molecule has 0 aliphatic heterocycles. The van der Waals surface area contributed by atoms with Crippen LogP contribution >= 0.6 is 11.8 Å². The van der Waals surface area contributed by atoms with Crippen LogP contribution in [0.2, 0.25) is 0 Å². The molecule has 0 fully saturated rings. The van der Waals surface area contributed by atoms with Crippen LogP contribution in [0.1, 0.15) is 15.9 Å². The summed E-state index contributed by atoms with van der Waals surface area (Å²) in [4.78, 5) is 41.0. The van der Waals surface area contributed by atoms with Gasteiger partial charge in [-0.2, -0.15) is 5.10 Å². The summed E-state index contributed by atoms with van der Waals surface area (Å²) >= 11 is 1.31. The van der Waals surface area contributed by atoms with Gasteiger partial charge in [-0.3, -0.25) is 24.1 Å². The summed E-state index contributed by atoms with van der Waals surface area (Å²) in [6.07, 6.45) is 2.86. The van der Waals surface area contributed by atoms with Crippen molar-refractivity contribution >= 4 is 35.2 Å². The van der Waals surface area contributed by atoms with Gasteiger partial charge in [-0.15, -0.1) is 0 Å². The molecule has 2 heterocycles. The van der Waals surface area contributed by atoms with E-state index < -0.39 is 10.8 Å². The normalized spacial score (nSPS) is 11.0. The predicted octanol–water partition coefficient (Wildman–Crippen LogP) is 3.52. The molecular formula is C22H15N5O4S. The van der Waals surface area contributed by atoms with Gasteiger partial charge in [0.1, 0.15) is 10.7 Å². The number of nitrogens with one attached hydrogen (secondary N) is 1. The van der Waals surface area contributed by atoms with Crippen LogP contribution in [0.5, 0.6) is 0 Å². The SMILES string of the molecule is O=C(N/N=C/c1c(Sc2ccccc2)nc2ccccn2c1=O)c1ccc([N+](=O)[O-])cc1. The number of hydrazone groups is 1. The predicted molar refractivity (Wildman–Crippen MR) is 120 cm³/mol. The van der Waals surface area contributed by atoms with Crippen LogP contribution in [0.25, 0.3) is 5.65 Å². The number of nitrogens with zero attached hydrogens (tertiary/aromatic N) is 4. The van der Waals surface area contributed by atoms with Gasteiger partial charge in [-0.1, -0.05) is 36.0 Å². The summed E-state index contributed by atoms with van der Waals surface area (Å²) in [5, 5.41) is 15.1. The smallest absolute Gasteiger partial charge is 0.268 e. The lowest BCUT2D eigenvalue weighted by atomic mass is 10.2. The Labute approximate surface area is 185 Å². The highest BCUT2D eigenvalue weighted by Crippen LogP contribution is 2.27. The largest absolute Gasteiger partial charge is 0.271 e. The average Bonchev–Trinajstić information content (AvgIpc) is 2.81. The van der Waals surface area contributed by atoms with E-state index in [0.29, 0.717) is 10.7 Å². The van der Waals surface area contributed by atoms with Crippen LogP contribution in [0, 0.1) is 10.1 Å². The second-order valence-corrected chi connectivity index (χ2v) is 7.55. The van der Waals surface area contributed by atoms with Gasteiger partial charge in [0.2, 0.25) is 0 Å². The Balaban J connectivity index is 1.63. The van der Waals surface area contributed by atoms with E-state index in [2.05, 4.69) is 15.5 Å². The summed E-state index contributed by atoms with van der Waals surface area (Å²) in [5.74, 6) is -0.567. The third-order valence-electron chi connectivity index (χ3n) is 4.39. The highest BCUT2D eigenvalue weighted by Gasteiger charge is 2.13. The molecule has 0 saturated heterocycles. The minimum absolute atomic E-state index is 0.122. The lowest BCUT2D eigenvalue weighted by Gasteiger charge is -2.08. The molecule has 9 nitrogen and oxygen atoms in total. The number of benzene rings is 2. The Bertz CT molecular complexity index is 1390. The summed E-state index contributed by atoms with van der Waals surface area (Å²) in [6, 6.07) is 19.8. The lowest BCUT2D eigenvalue weighted by molar-refractivity contribution is -0.384. The number of fused-ring (bicyclic) bond motifs is 1. The van der Waals surface area contributed by atoms with Crippen LogP contribution in [-0.2, 0) is 0 Å². The summed E-state index contributed by atoms with van der Waals surface area (Å²) in [5.41, 5.74) is 2.78. The number of nitro benzene ring substituents is 1. The van der Waals surface area contributed by atoms with Gasteiger partial charge in [0.15, 0.2) is 0 Å². The molecule has 10 heteroatoms. The Morgan fingerprint density at radius 3 is 2.50 bits per heavy atom. The number of hydrogen-bond acceptors (Lipinski definition) is 7. The van der Waals surface area contributed by atoms with Gasteiger partial charge >= 0.3 is 0 Å². The molecule has 1 N–H and O–H groups in total. The first-order chi connectivity index (χ1) is 15.5. The second kappa shape index (κ2) is 9.23. The van der Waals surface area contributed by atoms with Gasteiger partial charge in [-0.05, 0) is 36.4 Å². The molecule has 0 atom stereocenters. The van der Waals surface area contributed by atoms with Gasteiger partial charge in [0.05, 0.1) is 16.7 Å². The zero-order valence-electron chi connectivity index (χ0n) is 16.4. The van der Waals surface area contributed by atoms with Crippen LogP contribution < -0.4 is 11.0 Å². The van der Waals surface area contributed by atoms with Crippen molar-refractivity contribution < 1.29 is 9.72 Å². The standard InChI is InChI=1S/C22H15N5O4S/c28-20(15-9-11-16(12-10-15)27(30)31)25-23-14-18-21(32-17-6-2-1-3-7-17)24-19-8-4-5-13-26(19)22(18)29/h1-14H,(H,25,28)/b23-14+. The molecule has 2 aromatic heterocycles. The molecule has 0 bridgehead atoms. The minimum atomic E-state index is -0.567. The Morgan fingerprint density at radius 2 is 1.78 bits per heavy atom. The zero-order valence-corrected chi connectivity index (χ0v) is 17.2. The maximum atomic E-state index is 13.0. The monoisotopic (exact) mass is 445 g/mol. The number of carbonyl (C=O) groups excluding carboxylic acids is 1. The van der Waals surface area contributed by atoms with Crippen molar-refractivity contribution in [1.29, 1.82) is 0 Å². The van der Waals surface area contributed by atoms with Crippen molar-refractivity contribution in [3.8, 4) is 0 Å². The van der Waals surface area contributed by atoms with E-state index in [-0.39, 0.29) is 22.4 Å². The molecule has 0 aliphatic carbocycles. The van der Waals surface area contributed by atoms with E-state index in [1.165, 1.54) is 46.6 Å². The molecule has 4 aromatic rings. The van der Waals surface area contributed by atoms with Gasteiger partial charge in [0, 0.05) is 28.8 Å². The maximum absolute atomic E-state index is 13.0. The van der Waals surface area contributed by atoms with Crippen molar-refractivity contribution in [2.24, 2.45) is 5.10 Å². The summed E-state index contributed by atoms with van der Waals surface area (Å²) in [7, 11) is 0. The number of nitro groups is 1. The fraction of sp³-hybridized carbons (Fsp3) is 0. The first-order valence-electron chi connectivity index (χ1n) is 9.35. The fourth-order valence-electron chi connectivity index (χ4n) is 2.83. The molecule has 4 rings (SSSR count). The number of carbonyl (C=O) groups is 1. The minimum Gasteiger partial charge on any atom is -0.268 e. The number of non-ortho nitro benzene ring substituents is 1. The topological polar surface area (TPSA) is 119 Å². The van der Waals surface area contributed by atoms with Crippen LogP contribution in [0.3, 0.4) is 0 Å². The zero-order chi connectivity index (χ0) is 22.5. The van der Waals surface area contributed by atoms with E-state index in [9.17, 15) is 19.7 Å². The van der Waals surface area contributed by atoms with Crippen molar-refractivity contribution in [2.45, 2.75) is 9.92 Å². The van der Waals surface area contributed by atoms with E-state index in [0.717, 1.165) is 4.90 Å². The maximum Gasteiger partial charge on any atom is 0.271 e. The molecule has 1 amide bonds. The highest BCUT2D eigenvalue weighted by molar-refractivity contribution is 7.99. The molecule has 2 aromatic carbocycles. The molecule has 0 radical (unpaired) electrons. The van der Waals surface area contributed by atoms with Crippen molar-refractivity contribution in [3.63, 3.8) is 0 Å². The molecule has 0 spiro atoms. The molecule has 0 unspecified atom stereocenters. The van der Waals surface area contributed by atoms with Crippen molar-refractivity contribution in [2.75, 3.05) is 0 Å². The molecule has 32 heavy (non-hydrogen) atoms. The fourth-order valence-corrected chi connectivity index (χ4v) is 3.73. The van der Waals surface area contributed by atoms with E-state index in [1.807, 2.05) is 30.3 Å². The van der Waals surface area contributed by atoms with Crippen LogP contribution in [0.15, 0.2) is 98.8 Å². The second-order valence-electron chi connectivity index (χ2n) is 6.48. The van der Waals surface area contributed by atoms with Gasteiger partial charge in [0.25, 0.3) is 17.2 Å². The number of aromatic nitrogens is 2. The van der Waals surface area contributed by atoms with Gasteiger partial charge < -0.3 is 0 Å². The van der Waals surface area contributed by atoms with Gasteiger partial charge in [-0.25, -0.2) is 10.4 Å². The van der Waals surface area contributed by atoms with Crippen molar-refractivity contribution in [3.05, 3.63) is 111 Å². The number of pyridine rings is 1. The lowest BCUT2D eigenvalue weighted by Crippen LogP contribution is -2.22.